The monoisotopic (exact) mass is 166 g/mol. The molecule has 2 rings (SSSR count). The van der Waals surface area contributed by atoms with Gasteiger partial charge in [0.25, 0.3) is 0 Å². The first-order valence-electron chi connectivity index (χ1n) is 3.45. The molecule has 0 unspecified atom stereocenters. The highest BCUT2D eigenvalue weighted by atomic mass is 19.1. The molecule has 62 valence electrons. The van der Waals surface area contributed by atoms with Crippen LogP contribution < -0.4 is 5.73 Å². The first-order valence-corrected chi connectivity index (χ1v) is 3.45. The van der Waals surface area contributed by atoms with Gasteiger partial charge in [0.2, 0.25) is 0 Å². The topological polar surface area (TPSA) is 56.2 Å². The lowest BCUT2D eigenvalue weighted by Gasteiger charge is -1.97. The second-order valence-electron chi connectivity index (χ2n) is 2.56. The Morgan fingerprint density at radius 2 is 2.25 bits per heavy atom. The maximum Gasteiger partial charge on any atom is 0.197 e. The van der Waals surface area contributed by atoms with E-state index in [9.17, 15) is 4.39 Å². The largest absolute Gasteiger partial charge is 0.397 e. The maximum absolute atomic E-state index is 13.1. The number of rotatable bonds is 0. The summed E-state index contributed by atoms with van der Waals surface area (Å²) in [5.41, 5.74) is 6.01. The van der Waals surface area contributed by atoms with Crippen LogP contribution in [-0.2, 0) is 0 Å². The van der Waals surface area contributed by atoms with E-state index in [0.29, 0.717) is 11.5 Å². The predicted octanol–water partition coefficient (Wildman–Crippen LogP) is 0.759. The average molecular weight is 166 g/mol. The average Bonchev–Trinajstić information content (AvgIpc) is 2.33. The van der Waals surface area contributed by atoms with E-state index in [2.05, 4.69) is 10.2 Å². The lowest BCUT2D eigenvalue weighted by atomic mass is 10.4. The molecular formula is C7H7FN4. The number of nitrogens with zero attached hydrogens (tertiary/aromatic N) is 3. The molecule has 0 bridgehead atoms. The highest BCUT2D eigenvalue weighted by Gasteiger charge is 2.06. The fraction of sp³-hybridized carbons (Fsp3) is 0.143. The summed E-state index contributed by atoms with van der Waals surface area (Å²) in [5.74, 6) is 0.173. The van der Waals surface area contributed by atoms with Crippen molar-refractivity contribution in [3.63, 3.8) is 0 Å². The first kappa shape index (κ1) is 7.02. The van der Waals surface area contributed by atoms with Crippen molar-refractivity contribution < 1.29 is 4.39 Å². The third kappa shape index (κ3) is 0.827. The second-order valence-corrected chi connectivity index (χ2v) is 2.56. The predicted molar refractivity (Wildman–Crippen MR) is 42.1 cm³/mol. The van der Waals surface area contributed by atoms with Gasteiger partial charge in [0, 0.05) is 12.3 Å². The zero-order valence-corrected chi connectivity index (χ0v) is 6.45. The molecule has 0 radical (unpaired) electrons. The molecule has 2 N–H and O–H groups in total. The van der Waals surface area contributed by atoms with E-state index in [1.54, 1.807) is 13.1 Å². The standard InChI is InChI=1S/C7H7FN4/c1-4-10-11-7-6(8)2-5(9)3-12(4)7/h2-3H,9H2,1H3. The maximum atomic E-state index is 13.1. The van der Waals surface area contributed by atoms with Gasteiger partial charge >= 0.3 is 0 Å². The quantitative estimate of drug-likeness (QED) is 0.628. The van der Waals surface area contributed by atoms with Crippen LogP contribution in [0.3, 0.4) is 0 Å². The zero-order chi connectivity index (χ0) is 8.72. The van der Waals surface area contributed by atoms with E-state index in [1.807, 2.05) is 0 Å². The van der Waals surface area contributed by atoms with Crippen LogP contribution in [0.15, 0.2) is 12.3 Å². The molecule has 0 fully saturated rings. The highest BCUT2D eigenvalue weighted by molar-refractivity contribution is 5.48. The molecule has 12 heavy (non-hydrogen) atoms. The van der Waals surface area contributed by atoms with Crippen LogP contribution in [0.4, 0.5) is 10.1 Å². The number of aryl methyl sites for hydroxylation is 1. The molecule has 0 aliphatic carbocycles. The van der Waals surface area contributed by atoms with E-state index < -0.39 is 5.82 Å². The van der Waals surface area contributed by atoms with Crippen molar-refractivity contribution in [3.8, 4) is 0 Å². The summed E-state index contributed by atoms with van der Waals surface area (Å²) in [6.45, 7) is 1.74. The van der Waals surface area contributed by atoms with Crippen molar-refractivity contribution in [2.75, 3.05) is 5.73 Å². The molecule has 0 aliphatic rings. The normalized spacial score (nSPS) is 10.8. The molecule has 0 spiro atoms. The molecule has 0 aliphatic heterocycles. The summed E-state index contributed by atoms with van der Waals surface area (Å²) in [6.07, 6.45) is 1.59. The van der Waals surface area contributed by atoms with Crippen molar-refractivity contribution in [1.82, 2.24) is 14.6 Å². The molecule has 2 aromatic rings. The van der Waals surface area contributed by atoms with E-state index >= 15 is 0 Å². The minimum Gasteiger partial charge on any atom is -0.397 e. The number of nitrogen functional groups attached to an aromatic ring is 1. The van der Waals surface area contributed by atoms with E-state index in [1.165, 1.54) is 10.5 Å². The third-order valence-electron chi connectivity index (χ3n) is 1.65. The molecule has 0 saturated carbocycles. The molecular weight excluding hydrogens is 159 g/mol. The van der Waals surface area contributed by atoms with Crippen molar-refractivity contribution in [1.29, 1.82) is 0 Å². The Bertz CT molecular complexity index is 434. The Hall–Kier alpha value is -1.65. The number of aromatic nitrogens is 3. The fourth-order valence-corrected chi connectivity index (χ4v) is 1.08. The molecule has 0 atom stereocenters. The van der Waals surface area contributed by atoms with Crippen molar-refractivity contribution in [2.24, 2.45) is 0 Å². The van der Waals surface area contributed by atoms with E-state index in [4.69, 9.17) is 5.73 Å². The Kier molecular flexibility index (Phi) is 1.27. The van der Waals surface area contributed by atoms with Crippen LogP contribution in [0.2, 0.25) is 0 Å². The van der Waals surface area contributed by atoms with Crippen LogP contribution in [0.1, 0.15) is 5.82 Å². The van der Waals surface area contributed by atoms with Gasteiger partial charge < -0.3 is 5.73 Å². The number of fused-ring (bicyclic) bond motifs is 1. The van der Waals surface area contributed by atoms with Crippen molar-refractivity contribution in [2.45, 2.75) is 6.92 Å². The summed E-state index contributed by atoms with van der Waals surface area (Å²) in [7, 11) is 0. The van der Waals surface area contributed by atoms with Gasteiger partial charge in [0.1, 0.15) is 5.82 Å². The van der Waals surface area contributed by atoms with Gasteiger partial charge in [-0.15, -0.1) is 10.2 Å². The van der Waals surface area contributed by atoms with Crippen LogP contribution in [-0.4, -0.2) is 14.6 Å². The van der Waals surface area contributed by atoms with Crippen LogP contribution in [0.5, 0.6) is 0 Å². The smallest absolute Gasteiger partial charge is 0.197 e. The molecule has 2 heterocycles. The van der Waals surface area contributed by atoms with Gasteiger partial charge in [-0.2, -0.15) is 0 Å². The molecule has 5 heteroatoms. The minimum absolute atomic E-state index is 0.210. The van der Waals surface area contributed by atoms with Gasteiger partial charge in [0.15, 0.2) is 11.5 Å². The van der Waals surface area contributed by atoms with Crippen LogP contribution in [0, 0.1) is 12.7 Å². The van der Waals surface area contributed by atoms with Crippen LogP contribution >= 0.6 is 0 Å². The van der Waals surface area contributed by atoms with Crippen molar-refractivity contribution >= 4 is 11.3 Å². The number of halogens is 1. The minimum atomic E-state index is -0.449. The van der Waals surface area contributed by atoms with Gasteiger partial charge in [-0.3, -0.25) is 4.40 Å². The lowest BCUT2D eigenvalue weighted by molar-refractivity contribution is 0.630. The summed E-state index contributed by atoms with van der Waals surface area (Å²) in [6, 6.07) is 1.23. The number of anilines is 1. The lowest BCUT2D eigenvalue weighted by Crippen LogP contribution is -1.95. The number of hydrogen-bond acceptors (Lipinski definition) is 3. The molecule has 0 aromatic carbocycles. The Morgan fingerprint density at radius 1 is 1.50 bits per heavy atom. The highest BCUT2D eigenvalue weighted by Crippen LogP contribution is 2.12. The van der Waals surface area contributed by atoms with Gasteiger partial charge in [-0.1, -0.05) is 0 Å². The Morgan fingerprint density at radius 3 is 3.00 bits per heavy atom. The van der Waals surface area contributed by atoms with Gasteiger partial charge in [-0.25, -0.2) is 4.39 Å². The van der Waals surface area contributed by atoms with E-state index in [-0.39, 0.29) is 5.65 Å². The molecule has 4 nitrogen and oxygen atoms in total. The van der Waals surface area contributed by atoms with Gasteiger partial charge in [0.05, 0.1) is 5.69 Å². The summed E-state index contributed by atoms with van der Waals surface area (Å²) >= 11 is 0. The first-order chi connectivity index (χ1) is 5.68. The number of pyridine rings is 1. The summed E-state index contributed by atoms with van der Waals surface area (Å²) in [4.78, 5) is 0. The molecule has 2 aromatic heterocycles. The molecule has 0 amide bonds. The Labute approximate surface area is 67.8 Å². The number of hydrogen-bond donors (Lipinski definition) is 1. The third-order valence-corrected chi connectivity index (χ3v) is 1.65. The second kappa shape index (κ2) is 2.17. The zero-order valence-electron chi connectivity index (χ0n) is 6.45. The molecule has 0 saturated heterocycles. The Balaban J connectivity index is 2.92. The van der Waals surface area contributed by atoms with Crippen molar-refractivity contribution in [3.05, 3.63) is 23.9 Å². The van der Waals surface area contributed by atoms with E-state index in [0.717, 1.165) is 0 Å². The number of nitrogens with two attached hydrogens (primary N) is 1. The SMILES string of the molecule is Cc1nnc2c(F)cc(N)cn12. The summed E-state index contributed by atoms with van der Waals surface area (Å²) < 4.78 is 14.6. The summed E-state index contributed by atoms with van der Waals surface area (Å²) in [5, 5.41) is 7.36. The van der Waals surface area contributed by atoms with Gasteiger partial charge in [-0.05, 0) is 6.92 Å². The fourth-order valence-electron chi connectivity index (χ4n) is 1.08. The van der Waals surface area contributed by atoms with Crippen LogP contribution in [0.25, 0.3) is 5.65 Å².